The molecule has 1 N–H and O–H groups in total. The van der Waals surface area contributed by atoms with Gasteiger partial charge < -0.3 is 14.6 Å². The van der Waals surface area contributed by atoms with Crippen molar-refractivity contribution >= 4 is 23.2 Å². The average Bonchev–Trinajstić information content (AvgIpc) is 2.29. The van der Waals surface area contributed by atoms with Gasteiger partial charge >= 0.3 is 6.18 Å². The van der Waals surface area contributed by atoms with Gasteiger partial charge in [0.15, 0.2) is 5.75 Å². The molecular weight excluding hydrogens is 320 g/mol. The molecule has 0 aliphatic heterocycles. The highest BCUT2D eigenvalue weighted by Gasteiger charge is 2.27. The Bertz CT molecular complexity index is 415. The van der Waals surface area contributed by atoms with Gasteiger partial charge in [0, 0.05) is 18.7 Å². The Balaban J connectivity index is 2.22. The summed E-state index contributed by atoms with van der Waals surface area (Å²) in [6.07, 6.45) is -3.39. The lowest BCUT2D eigenvalue weighted by atomic mass is 10.3. The quantitative estimate of drug-likeness (QED) is 0.750. The molecule has 20 heavy (non-hydrogen) atoms. The maximum atomic E-state index is 11.8. The molecule has 0 amide bonds. The van der Waals surface area contributed by atoms with Crippen molar-refractivity contribution in [3.8, 4) is 11.5 Å². The number of rotatable bonds is 7. The van der Waals surface area contributed by atoms with Crippen LogP contribution >= 0.6 is 23.2 Å². The van der Waals surface area contributed by atoms with Crippen molar-refractivity contribution in [3.05, 3.63) is 22.2 Å². The van der Waals surface area contributed by atoms with Crippen LogP contribution in [0, 0.1) is 0 Å². The zero-order valence-corrected chi connectivity index (χ0v) is 11.9. The van der Waals surface area contributed by atoms with Crippen LogP contribution in [0.3, 0.4) is 0 Å². The van der Waals surface area contributed by atoms with Gasteiger partial charge in [-0.25, -0.2) is 0 Å². The molecular formula is C12H13Cl2F3O3. The zero-order chi connectivity index (χ0) is 15.2. The number of ether oxygens (including phenoxy) is 2. The fourth-order valence-electron chi connectivity index (χ4n) is 1.35. The van der Waals surface area contributed by atoms with Gasteiger partial charge in [-0.3, -0.25) is 0 Å². The smallest absolute Gasteiger partial charge is 0.411 e. The molecule has 0 aliphatic rings. The Morgan fingerprint density at radius 1 is 1.05 bits per heavy atom. The zero-order valence-electron chi connectivity index (χ0n) is 10.3. The number of hydrogen-bond donors (Lipinski definition) is 1. The van der Waals surface area contributed by atoms with E-state index in [1.807, 2.05) is 0 Å². The first-order valence-corrected chi connectivity index (χ1v) is 6.50. The second-order valence-corrected chi connectivity index (χ2v) is 4.78. The van der Waals surface area contributed by atoms with Crippen molar-refractivity contribution in [2.24, 2.45) is 0 Å². The van der Waals surface area contributed by atoms with E-state index in [-0.39, 0.29) is 34.8 Å². The number of alkyl halides is 3. The number of unbranched alkanes of at least 4 members (excludes halogenated alkanes) is 1. The third kappa shape index (κ3) is 6.54. The van der Waals surface area contributed by atoms with E-state index < -0.39 is 12.8 Å². The summed E-state index contributed by atoms with van der Waals surface area (Å²) in [5.41, 5.74) is 0. The SMILES string of the molecule is Oc1cc(Cl)c(OCCCCOCC(F)(F)F)c(Cl)c1. The number of phenols is 1. The molecule has 0 saturated carbocycles. The summed E-state index contributed by atoms with van der Waals surface area (Å²) in [6.45, 7) is -1.01. The molecule has 0 aliphatic carbocycles. The van der Waals surface area contributed by atoms with Crippen LogP contribution < -0.4 is 4.74 Å². The van der Waals surface area contributed by atoms with Crippen molar-refractivity contribution in [1.82, 2.24) is 0 Å². The van der Waals surface area contributed by atoms with E-state index >= 15 is 0 Å². The fourth-order valence-corrected chi connectivity index (χ4v) is 1.94. The van der Waals surface area contributed by atoms with Crippen LogP contribution in [0.5, 0.6) is 11.5 Å². The second kappa shape index (κ2) is 7.81. The predicted molar refractivity (Wildman–Crippen MR) is 69.7 cm³/mol. The van der Waals surface area contributed by atoms with E-state index in [4.69, 9.17) is 27.9 Å². The van der Waals surface area contributed by atoms with Gasteiger partial charge in [-0.15, -0.1) is 0 Å². The monoisotopic (exact) mass is 332 g/mol. The molecule has 0 saturated heterocycles. The lowest BCUT2D eigenvalue weighted by molar-refractivity contribution is -0.174. The Morgan fingerprint density at radius 2 is 1.60 bits per heavy atom. The lowest BCUT2D eigenvalue weighted by Gasteiger charge is -2.11. The highest BCUT2D eigenvalue weighted by Crippen LogP contribution is 2.36. The molecule has 0 atom stereocenters. The molecule has 3 nitrogen and oxygen atoms in total. The van der Waals surface area contributed by atoms with Crippen molar-refractivity contribution in [3.63, 3.8) is 0 Å². The molecule has 114 valence electrons. The molecule has 8 heteroatoms. The summed E-state index contributed by atoms with van der Waals surface area (Å²) in [6, 6.07) is 2.57. The Morgan fingerprint density at radius 3 is 2.15 bits per heavy atom. The van der Waals surface area contributed by atoms with E-state index in [0.29, 0.717) is 12.8 Å². The van der Waals surface area contributed by atoms with E-state index in [0.717, 1.165) is 0 Å². The minimum atomic E-state index is -4.30. The van der Waals surface area contributed by atoms with Gasteiger partial charge in [0.05, 0.1) is 16.7 Å². The summed E-state index contributed by atoms with van der Waals surface area (Å²) < 4.78 is 45.1. The van der Waals surface area contributed by atoms with Crippen LogP contribution in [-0.4, -0.2) is 31.1 Å². The molecule has 0 spiro atoms. The summed E-state index contributed by atoms with van der Waals surface area (Å²) in [5.74, 6) is 0.162. The number of halogens is 5. The van der Waals surface area contributed by atoms with E-state index in [1.165, 1.54) is 12.1 Å². The molecule has 0 fully saturated rings. The van der Waals surface area contributed by atoms with Crippen LogP contribution in [0.2, 0.25) is 10.0 Å². The van der Waals surface area contributed by atoms with Gasteiger partial charge in [0.2, 0.25) is 0 Å². The Kier molecular flexibility index (Phi) is 6.71. The van der Waals surface area contributed by atoms with Gasteiger partial charge in [-0.1, -0.05) is 23.2 Å². The molecule has 0 unspecified atom stereocenters. The number of hydrogen-bond acceptors (Lipinski definition) is 3. The highest BCUT2D eigenvalue weighted by molar-refractivity contribution is 6.37. The lowest BCUT2D eigenvalue weighted by Crippen LogP contribution is -2.17. The largest absolute Gasteiger partial charge is 0.508 e. The highest BCUT2D eigenvalue weighted by atomic mass is 35.5. The molecule has 0 heterocycles. The molecule has 0 aromatic heterocycles. The number of benzene rings is 1. The topological polar surface area (TPSA) is 38.7 Å². The molecule has 1 aromatic rings. The first kappa shape index (κ1) is 17.2. The van der Waals surface area contributed by atoms with E-state index in [1.54, 1.807) is 0 Å². The van der Waals surface area contributed by atoms with Gasteiger partial charge in [-0.2, -0.15) is 13.2 Å². The van der Waals surface area contributed by atoms with Crippen LogP contribution in [0.15, 0.2) is 12.1 Å². The first-order chi connectivity index (χ1) is 9.29. The Labute approximate surface area is 124 Å². The standard InChI is InChI=1S/C12H13Cl2F3O3/c13-9-5-8(18)6-10(14)11(9)20-4-2-1-3-19-7-12(15,16)17/h5-6,18H,1-4,7H2. The maximum Gasteiger partial charge on any atom is 0.411 e. The van der Waals surface area contributed by atoms with Crippen LogP contribution in [-0.2, 0) is 4.74 Å². The minimum absolute atomic E-state index is 0.0000872. The molecule has 1 rings (SSSR count). The summed E-state index contributed by atoms with van der Waals surface area (Å²) in [5, 5.41) is 9.56. The molecule has 1 aromatic carbocycles. The maximum absolute atomic E-state index is 11.8. The normalized spacial score (nSPS) is 11.7. The summed E-state index contributed by atoms with van der Waals surface area (Å²) >= 11 is 11.7. The van der Waals surface area contributed by atoms with Crippen molar-refractivity contribution < 1.29 is 27.8 Å². The third-order valence-corrected chi connectivity index (χ3v) is 2.74. The summed E-state index contributed by atoms with van der Waals surface area (Å²) in [7, 11) is 0. The number of phenolic OH excluding ortho intramolecular Hbond substituents is 1. The van der Waals surface area contributed by atoms with E-state index in [9.17, 15) is 18.3 Å². The van der Waals surface area contributed by atoms with Crippen molar-refractivity contribution in [2.75, 3.05) is 19.8 Å². The van der Waals surface area contributed by atoms with Crippen LogP contribution in [0.4, 0.5) is 13.2 Å². The molecule has 0 radical (unpaired) electrons. The fraction of sp³-hybridized carbons (Fsp3) is 0.500. The van der Waals surface area contributed by atoms with Crippen LogP contribution in [0.1, 0.15) is 12.8 Å². The van der Waals surface area contributed by atoms with Crippen LogP contribution in [0.25, 0.3) is 0 Å². The first-order valence-electron chi connectivity index (χ1n) is 5.75. The average molecular weight is 333 g/mol. The van der Waals surface area contributed by atoms with Crippen molar-refractivity contribution in [2.45, 2.75) is 19.0 Å². The van der Waals surface area contributed by atoms with Crippen molar-refractivity contribution in [1.29, 1.82) is 0 Å². The third-order valence-electron chi connectivity index (χ3n) is 2.18. The molecule has 0 bridgehead atoms. The predicted octanol–water partition coefficient (Wildman–Crippen LogP) is 4.44. The van der Waals surface area contributed by atoms with Gasteiger partial charge in [0.1, 0.15) is 12.4 Å². The van der Waals surface area contributed by atoms with Gasteiger partial charge in [-0.05, 0) is 12.8 Å². The second-order valence-electron chi connectivity index (χ2n) is 3.96. The van der Waals surface area contributed by atoms with E-state index in [2.05, 4.69) is 4.74 Å². The Hall–Kier alpha value is -0.850. The van der Waals surface area contributed by atoms with Gasteiger partial charge in [0.25, 0.3) is 0 Å². The summed E-state index contributed by atoms with van der Waals surface area (Å²) in [4.78, 5) is 0. The minimum Gasteiger partial charge on any atom is -0.508 e. The number of aromatic hydroxyl groups is 1.